The molecule has 0 radical (unpaired) electrons. The minimum absolute atomic E-state index is 0.0221. The van der Waals surface area contributed by atoms with Gasteiger partial charge >= 0.3 is 12.3 Å². The maximum absolute atomic E-state index is 13.2. The Labute approximate surface area is 232 Å². The van der Waals surface area contributed by atoms with Gasteiger partial charge in [-0.1, -0.05) is 32.0 Å². The summed E-state index contributed by atoms with van der Waals surface area (Å²) in [5, 5.41) is 9.24. The summed E-state index contributed by atoms with van der Waals surface area (Å²) in [6, 6.07) is 17.3. The number of nitrogens with one attached hydrogen (secondary N) is 3. The predicted molar refractivity (Wildman–Crippen MR) is 147 cm³/mol. The number of hydrogen-bond donors (Lipinski definition) is 3. The third kappa shape index (κ3) is 11.2. The van der Waals surface area contributed by atoms with Gasteiger partial charge in [-0.15, -0.1) is 8.78 Å². The molecule has 10 nitrogen and oxygen atoms in total. The predicted octanol–water partition coefficient (Wildman–Crippen LogP) is 5.04. The first-order chi connectivity index (χ1) is 19.3. The van der Waals surface area contributed by atoms with Crippen molar-refractivity contribution in [2.75, 3.05) is 43.4 Å². The fourth-order valence-corrected chi connectivity index (χ4v) is 3.18. The monoisotopic (exact) mass is 560 g/mol. The molecular weight excluding hydrogens is 526 g/mol. The van der Waals surface area contributed by atoms with Crippen molar-refractivity contribution < 1.29 is 37.3 Å². The Morgan fingerprint density at radius 2 is 1.65 bits per heavy atom. The zero-order valence-corrected chi connectivity index (χ0v) is 22.8. The van der Waals surface area contributed by atoms with E-state index in [-0.39, 0.29) is 19.0 Å². The number of carbonyl (C=O) groups is 2. The lowest BCUT2D eigenvalue weighted by Gasteiger charge is -2.16. The van der Waals surface area contributed by atoms with Crippen molar-refractivity contribution in [1.29, 1.82) is 0 Å². The van der Waals surface area contributed by atoms with Crippen LogP contribution in [0.25, 0.3) is 0 Å². The Balaban J connectivity index is 0.00000274. The van der Waals surface area contributed by atoms with E-state index in [0.29, 0.717) is 18.9 Å². The molecule has 0 aliphatic carbocycles. The largest absolute Gasteiger partial charge is 0.535 e. The molecule has 0 bridgehead atoms. The first-order valence-corrected chi connectivity index (χ1v) is 12.4. The van der Waals surface area contributed by atoms with Gasteiger partial charge in [0.1, 0.15) is 24.8 Å². The molecule has 0 fully saturated rings. The Hall–Kier alpha value is -4.29. The molecule has 0 unspecified atom stereocenters. The summed E-state index contributed by atoms with van der Waals surface area (Å²) in [6.07, 6.45) is -2.12. The molecule has 40 heavy (non-hydrogen) atoms. The molecule has 3 aromatic rings. The fraction of sp³-hybridized carbons (Fsp3) is 0.321. The maximum Gasteiger partial charge on any atom is 0.535 e. The number of benzene rings is 2. The second-order valence-electron chi connectivity index (χ2n) is 7.82. The average Bonchev–Trinajstić information content (AvgIpc) is 2.97. The van der Waals surface area contributed by atoms with E-state index in [1.165, 1.54) is 19.2 Å². The van der Waals surface area contributed by atoms with Crippen molar-refractivity contribution in [2.24, 2.45) is 0 Å². The Bertz CT molecular complexity index is 1210. The van der Waals surface area contributed by atoms with E-state index in [1.807, 2.05) is 44.2 Å². The third-order valence-corrected chi connectivity index (χ3v) is 5.08. The Morgan fingerprint density at radius 1 is 0.925 bits per heavy atom. The summed E-state index contributed by atoms with van der Waals surface area (Å²) in [5.74, 6) is -0.695. The van der Waals surface area contributed by atoms with Crippen molar-refractivity contribution >= 4 is 29.1 Å². The summed E-state index contributed by atoms with van der Waals surface area (Å²) in [5.41, 5.74) is 3.46. The molecule has 1 aromatic heterocycles. The van der Waals surface area contributed by atoms with Crippen molar-refractivity contribution in [2.45, 2.75) is 33.2 Å². The second kappa shape index (κ2) is 16.6. The number of esters is 1. The lowest BCUT2D eigenvalue weighted by molar-refractivity contribution is -0.342. The van der Waals surface area contributed by atoms with Gasteiger partial charge in [-0.3, -0.25) is 9.53 Å². The average molecular weight is 561 g/mol. The van der Waals surface area contributed by atoms with E-state index >= 15 is 0 Å². The van der Waals surface area contributed by atoms with Crippen LogP contribution in [0.4, 0.5) is 26.0 Å². The van der Waals surface area contributed by atoms with E-state index in [0.717, 1.165) is 29.6 Å². The van der Waals surface area contributed by atoms with Crippen molar-refractivity contribution in [1.82, 2.24) is 4.98 Å². The van der Waals surface area contributed by atoms with Gasteiger partial charge in [0.25, 0.3) is 5.91 Å². The fourth-order valence-electron chi connectivity index (χ4n) is 3.18. The van der Waals surface area contributed by atoms with E-state index in [4.69, 9.17) is 4.74 Å². The first kappa shape index (κ1) is 31.9. The highest BCUT2D eigenvalue weighted by atomic mass is 19.3. The van der Waals surface area contributed by atoms with Gasteiger partial charge in [-0.25, -0.2) is 9.78 Å². The maximum atomic E-state index is 13.2. The molecule has 1 heterocycles. The minimum atomic E-state index is -3.69. The summed E-state index contributed by atoms with van der Waals surface area (Å²) < 4.78 is 44.3. The molecule has 0 atom stereocenters. The number of anilines is 3. The number of aromatic nitrogens is 1. The summed E-state index contributed by atoms with van der Waals surface area (Å²) in [6.45, 7) is 4.31. The first-order valence-electron chi connectivity index (χ1n) is 12.4. The van der Waals surface area contributed by atoms with Crippen LogP contribution in [0.3, 0.4) is 0 Å². The van der Waals surface area contributed by atoms with Gasteiger partial charge in [-0.2, -0.15) is 0 Å². The molecule has 1 amide bonds. The standard InChI is InChI=1S/C26H28F2N4O6.C2H6/c1-35-25(34)17-37-16-24(33)32-23-13-18(11-12-29-23)14-31-22-6-4-3-5-19(22)15-30-20-7-9-21(10-8-20)38-26(27,28)36-2;1-2/h3-13,30-31H,14-17H2,1-2H3,(H,29,32,33);1-2H3. The number of alkyl halides is 2. The zero-order chi connectivity index (χ0) is 29.4. The highest BCUT2D eigenvalue weighted by Crippen LogP contribution is 2.24. The van der Waals surface area contributed by atoms with Gasteiger partial charge in [0.15, 0.2) is 0 Å². The number of carbonyl (C=O) groups excluding carboxylic acids is 2. The van der Waals surface area contributed by atoms with Gasteiger partial charge in [0.05, 0.1) is 7.11 Å². The van der Waals surface area contributed by atoms with Gasteiger partial charge in [0, 0.05) is 37.8 Å². The van der Waals surface area contributed by atoms with E-state index in [1.54, 1.807) is 24.4 Å². The number of pyridine rings is 1. The Kier molecular flexibility index (Phi) is 13.3. The lowest BCUT2D eigenvalue weighted by atomic mass is 10.1. The highest BCUT2D eigenvalue weighted by Gasteiger charge is 2.31. The van der Waals surface area contributed by atoms with Crippen LogP contribution in [0, 0.1) is 0 Å². The molecule has 3 rings (SSSR count). The minimum Gasteiger partial charge on any atom is -0.467 e. The number of amides is 1. The van der Waals surface area contributed by atoms with Crippen LogP contribution in [0.15, 0.2) is 66.9 Å². The molecule has 0 aliphatic heterocycles. The molecule has 0 saturated heterocycles. The molecule has 2 aromatic carbocycles. The molecular formula is C28H34F2N4O6. The second-order valence-corrected chi connectivity index (χ2v) is 7.82. The third-order valence-electron chi connectivity index (χ3n) is 5.08. The van der Waals surface area contributed by atoms with E-state index in [9.17, 15) is 18.4 Å². The van der Waals surface area contributed by atoms with Crippen LogP contribution < -0.4 is 20.7 Å². The molecule has 12 heteroatoms. The van der Waals surface area contributed by atoms with Gasteiger partial charge in [-0.05, 0) is 53.6 Å². The Morgan fingerprint density at radius 3 is 2.35 bits per heavy atom. The molecule has 0 saturated carbocycles. The lowest BCUT2D eigenvalue weighted by Crippen LogP contribution is -2.26. The number of nitrogens with zero attached hydrogens (tertiary/aromatic N) is 1. The van der Waals surface area contributed by atoms with Crippen molar-refractivity contribution in [3.8, 4) is 5.75 Å². The molecule has 0 aliphatic rings. The number of rotatable bonds is 14. The van der Waals surface area contributed by atoms with Crippen molar-refractivity contribution in [3.05, 3.63) is 78.0 Å². The number of methoxy groups -OCH3 is 2. The summed E-state index contributed by atoms with van der Waals surface area (Å²) in [7, 11) is 2.09. The topological polar surface area (TPSA) is 120 Å². The number of halogens is 2. The van der Waals surface area contributed by atoms with E-state index < -0.39 is 18.2 Å². The van der Waals surface area contributed by atoms with Crippen molar-refractivity contribution in [3.63, 3.8) is 0 Å². The summed E-state index contributed by atoms with van der Waals surface area (Å²) >= 11 is 0. The molecule has 216 valence electrons. The van der Waals surface area contributed by atoms with Crippen LogP contribution in [0.1, 0.15) is 25.0 Å². The normalized spacial score (nSPS) is 10.6. The number of para-hydroxylation sites is 1. The number of ether oxygens (including phenoxy) is 4. The number of hydrogen-bond acceptors (Lipinski definition) is 9. The smallest absolute Gasteiger partial charge is 0.467 e. The van der Waals surface area contributed by atoms with E-state index in [2.05, 4.69) is 35.1 Å². The molecule has 0 spiro atoms. The van der Waals surface area contributed by atoms with Gasteiger partial charge in [0.2, 0.25) is 0 Å². The van der Waals surface area contributed by atoms with Crippen LogP contribution in [-0.4, -0.2) is 50.6 Å². The van der Waals surface area contributed by atoms with Crippen LogP contribution >= 0.6 is 0 Å². The van der Waals surface area contributed by atoms with Gasteiger partial charge < -0.3 is 30.2 Å². The SMILES string of the molecule is CC.COC(=O)COCC(=O)Nc1cc(CNc2ccccc2CNc2ccc(OC(F)(F)OC)cc2)ccn1. The van der Waals surface area contributed by atoms with Crippen LogP contribution in [-0.2, 0) is 36.9 Å². The van der Waals surface area contributed by atoms with Crippen LogP contribution in [0.2, 0.25) is 0 Å². The summed E-state index contributed by atoms with van der Waals surface area (Å²) in [4.78, 5) is 27.2. The molecule has 3 N–H and O–H groups in total. The zero-order valence-electron chi connectivity index (χ0n) is 22.8. The quantitative estimate of drug-likeness (QED) is 0.184. The van der Waals surface area contributed by atoms with Crippen LogP contribution in [0.5, 0.6) is 5.75 Å². The highest BCUT2D eigenvalue weighted by molar-refractivity contribution is 5.91.